The molecule has 10 nitrogen and oxygen atoms in total. The zero-order valence-electron chi connectivity index (χ0n) is 31.1. The summed E-state index contributed by atoms with van der Waals surface area (Å²) in [6.45, 7) is 31.4. The number of nitrogens with one attached hydrogen (secondary N) is 2. The number of nitrogen functional groups attached to an aromatic ring is 1. The number of rotatable bonds is 9. The summed E-state index contributed by atoms with van der Waals surface area (Å²) < 4.78 is 0. The first-order valence-electron chi connectivity index (χ1n) is 17.4. The van der Waals surface area contributed by atoms with Gasteiger partial charge >= 0.3 is 0 Å². The minimum atomic E-state index is -0.287. The fourth-order valence-electron chi connectivity index (χ4n) is 5.75. The maximum Gasteiger partial charge on any atom is 0.273 e. The lowest BCUT2D eigenvalue weighted by Crippen LogP contribution is -2.59. The maximum atomic E-state index is 12.5. The van der Waals surface area contributed by atoms with Crippen molar-refractivity contribution in [3.05, 3.63) is 72.6 Å². The molecule has 10 heteroatoms. The summed E-state index contributed by atoms with van der Waals surface area (Å²) in [5.74, 6) is 0.677. The zero-order valence-corrected chi connectivity index (χ0v) is 31.1. The summed E-state index contributed by atoms with van der Waals surface area (Å²) in [6.07, 6.45) is 5.02. The van der Waals surface area contributed by atoms with Crippen LogP contribution in [0.25, 0.3) is 0 Å². The van der Waals surface area contributed by atoms with Gasteiger partial charge in [-0.3, -0.25) is 14.6 Å². The second-order valence-corrected chi connectivity index (χ2v) is 11.0. The molecule has 0 spiro atoms. The molecule has 2 unspecified atom stereocenters. The van der Waals surface area contributed by atoms with Crippen LogP contribution in [0, 0.1) is 13.8 Å². The smallest absolute Gasteiger partial charge is 0.273 e. The van der Waals surface area contributed by atoms with E-state index in [0.29, 0.717) is 25.2 Å². The Bertz CT molecular complexity index is 1130. The van der Waals surface area contributed by atoms with Crippen molar-refractivity contribution in [1.82, 2.24) is 30.4 Å². The van der Waals surface area contributed by atoms with Gasteiger partial charge in [0.2, 0.25) is 0 Å². The summed E-state index contributed by atoms with van der Waals surface area (Å²) in [5.41, 5.74) is 16.2. The lowest BCUT2D eigenvalue weighted by molar-refractivity contribution is 0.0496. The van der Waals surface area contributed by atoms with Crippen molar-refractivity contribution in [3.8, 4) is 0 Å². The highest BCUT2D eigenvalue weighted by Gasteiger charge is 2.35. The second kappa shape index (κ2) is 24.8. The number of hydrogen-bond acceptors (Lipinski definition) is 9. The van der Waals surface area contributed by atoms with Crippen molar-refractivity contribution in [3.63, 3.8) is 0 Å². The van der Waals surface area contributed by atoms with Crippen molar-refractivity contribution in [2.75, 3.05) is 63.5 Å². The van der Waals surface area contributed by atoms with Crippen LogP contribution >= 0.6 is 0 Å². The van der Waals surface area contributed by atoms with Crippen LogP contribution < -0.4 is 27.0 Å². The molecular formula is C37H67N9O. The lowest BCUT2D eigenvalue weighted by atomic mass is 9.97. The van der Waals surface area contributed by atoms with Gasteiger partial charge < -0.3 is 27.0 Å². The van der Waals surface area contributed by atoms with Crippen LogP contribution in [0.15, 0.2) is 50.1 Å². The van der Waals surface area contributed by atoms with Crippen LogP contribution in [0.1, 0.15) is 94.3 Å². The third-order valence-electron chi connectivity index (χ3n) is 8.03. The fourth-order valence-corrected chi connectivity index (χ4v) is 5.75. The molecule has 0 saturated carbocycles. The first kappa shape index (κ1) is 43.7. The lowest BCUT2D eigenvalue weighted by Gasteiger charge is -2.48. The van der Waals surface area contributed by atoms with Gasteiger partial charge in [0.05, 0.1) is 11.9 Å². The molecule has 47 heavy (non-hydrogen) atoms. The zero-order chi connectivity index (χ0) is 35.9. The quantitative estimate of drug-likeness (QED) is 0.199. The van der Waals surface area contributed by atoms with E-state index in [-0.39, 0.29) is 23.6 Å². The highest BCUT2D eigenvalue weighted by atomic mass is 16.1. The Morgan fingerprint density at radius 1 is 1.02 bits per heavy atom. The number of carbonyl (C=O) groups excluding carboxylic acids is 1. The Labute approximate surface area is 287 Å². The molecule has 4 rings (SSSR count). The summed E-state index contributed by atoms with van der Waals surface area (Å²) in [7, 11) is 1.84. The number of amides is 1. The van der Waals surface area contributed by atoms with Gasteiger partial charge in [-0.1, -0.05) is 70.5 Å². The van der Waals surface area contributed by atoms with E-state index in [1.165, 1.54) is 11.1 Å². The van der Waals surface area contributed by atoms with E-state index < -0.39 is 0 Å². The highest BCUT2D eigenvalue weighted by molar-refractivity contribution is 5.96. The Morgan fingerprint density at radius 3 is 2.13 bits per heavy atom. The van der Waals surface area contributed by atoms with Crippen LogP contribution in [0.5, 0.6) is 0 Å². The van der Waals surface area contributed by atoms with Crippen LogP contribution in [-0.4, -0.2) is 90.6 Å². The van der Waals surface area contributed by atoms with Gasteiger partial charge in [0, 0.05) is 57.9 Å². The van der Waals surface area contributed by atoms with Crippen molar-refractivity contribution >= 4 is 17.5 Å². The number of likely N-dealkylation sites (tertiary alicyclic amines) is 1. The van der Waals surface area contributed by atoms with Crippen LogP contribution in [0.3, 0.4) is 0 Å². The predicted octanol–water partition coefficient (Wildman–Crippen LogP) is 5.69. The molecule has 2 atom stereocenters. The largest absolute Gasteiger partial charge is 0.382 e. The molecule has 266 valence electrons. The van der Waals surface area contributed by atoms with Crippen LogP contribution in [0.4, 0.5) is 11.6 Å². The minimum Gasteiger partial charge on any atom is -0.382 e. The van der Waals surface area contributed by atoms with E-state index in [1.807, 2.05) is 48.6 Å². The third kappa shape index (κ3) is 13.4. The Balaban J connectivity index is 0.00000215. The number of aryl methyl sites for hydroxylation is 2. The van der Waals surface area contributed by atoms with Crippen molar-refractivity contribution in [2.24, 2.45) is 5.73 Å². The van der Waals surface area contributed by atoms with Crippen LogP contribution in [0.2, 0.25) is 0 Å². The first-order valence-corrected chi connectivity index (χ1v) is 17.4. The van der Waals surface area contributed by atoms with Gasteiger partial charge in [0.25, 0.3) is 5.91 Å². The van der Waals surface area contributed by atoms with E-state index in [9.17, 15) is 4.79 Å². The molecule has 1 amide bonds. The van der Waals surface area contributed by atoms with Gasteiger partial charge in [-0.25, -0.2) is 9.97 Å². The molecule has 0 aliphatic carbocycles. The summed E-state index contributed by atoms with van der Waals surface area (Å²) in [4.78, 5) is 29.1. The highest BCUT2D eigenvalue weighted by Crippen LogP contribution is 2.29. The Morgan fingerprint density at radius 2 is 1.60 bits per heavy atom. The number of benzene rings is 1. The number of piperazine rings is 1. The van der Waals surface area contributed by atoms with Crippen molar-refractivity contribution < 1.29 is 4.79 Å². The maximum absolute atomic E-state index is 12.5. The molecule has 1 aromatic heterocycles. The van der Waals surface area contributed by atoms with E-state index >= 15 is 0 Å². The summed E-state index contributed by atoms with van der Waals surface area (Å²) in [6, 6.07) is 9.57. The number of carbonyl (C=O) groups is 1. The monoisotopic (exact) mass is 654 g/mol. The SMILES string of the molecule is C=C.C=CC.CC.CC.CCC1CN(c2nc(N)c(C(=O)NCCNC)nc2C)CCN1C1CCN(C(N)c2ccc(C)cc2)CC1. The fraction of sp³-hybridized carbons (Fsp3) is 0.595. The molecule has 2 aliphatic rings. The third-order valence-corrected chi connectivity index (χ3v) is 8.03. The molecule has 0 bridgehead atoms. The number of anilines is 2. The van der Waals surface area contributed by atoms with E-state index in [4.69, 9.17) is 11.5 Å². The van der Waals surface area contributed by atoms with Crippen molar-refractivity contribution in [2.45, 2.75) is 92.9 Å². The molecule has 0 radical (unpaired) electrons. The predicted molar refractivity (Wildman–Crippen MR) is 203 cm³/mol. The number of nitrogens with zero attached hydrogens (tertiary/aromatic N) is 5. The number of nitrogens with two attached hydrogens (primary N) is 2. The average Bonchev–Trinajstić information content (AvgIpc) is 3.12. The normalized spacial score (nSPS) is 17.1. The van der Waals surface area contributed by atoms with E-state index in [1.54, 1.807) is 6.08 Å². The Hall–Kier alpha value is -3.31. The van der Waals surface area contributed by atoms with Gasteiger partial charge in [-0.15, -0.1) is 19.7 Å². The minimum absolute atomic E-state index is 0.0456. The summed E-state index contributed by atoms with van der Waals surface area (Å²) in [5, 5.41) is 5.84. The van der Waals surface area contributed by atoms with E-state index in [2.05, 4.69) is 93.2 Å². The molecule has 2 aliphatic heterocycles. The van der Waals surface area contributed by atoms with Gasteiger partial charge in [0.15, 0.2) is 17.3 Å². The van der Waals surface area contributed by atoms with Crippen molar-refractivity contribution in [1.29, 1.82) is 0 Å². The molecule has 2 fully saturated rings. The van der Waals surface area contributed by atoms with Gasteiger partial charge in [0.1, 0.15) is 0 Å². The van der Waals surface area contributed by atoms with Crippen LogP contribution in [-0.2, 0) is 0 Å². The summed E-state index contributed by atoms with van der Waals surface area (Å²) >= 11 is 0. The molecule has 1 aromatic carbocycles. The first-order chi connectivity index (χ1) is 22.7. The molecule has 2 aromatic rings. The number of allylic oxidation sites excluding steroid dienone is 1. The van der Waals surface area contributed by atoms with Gasteiger partial charge in [-0.2, -0.15) is 0 Å². The Kier molecular flexibility index (Phi) is 23.1. The molecule has 2 saturated heterocycles. The number of hydrogen-bond donors (Lipinski definition) is 4. The molecule has 3 heterocycles. The molecular weight excluding hydrogens is 586 g/mol. The number of aromatic nitrogens is 2. The standard InChI is InChI=1S/C28H45N9O.C3H6.2C2H6.C2H4/c1-5-22-18-36(27-20(3)33-24(25(29)34-27)28(38)32-13-12-31-4)16-17-37(22)23-10-14-35(15-11-23)26(30)21-8-6-19(2)7-9-21;1-3-2;3*1-2/h6-9,22-23,26,31H,5,10-18,30H2,1-4H3,(H2,29,34)(H,32,38);3H,1H2,2H3;2*1-2H3;1-2H2. The topological polar surface area (TPSA) is 129 Å². The van der Waals surface area contributed by atoms with E-state index in [0.717, 1.165) is 63.5 Å². The number of likely N-dealkylation sites (N-methyl/N-ethyl adjacent to an activating group) is 1. The second-order valence-electron chi connectivity index (χ2n) is 11.0. The molecule has 6 N–H and O–H groups in total. The average molecular weight is 654 g/mol. The van der Waals surface area contributed by atoms with Gasteiger partial charge in [-0.05, 0) is 52.6 Å². The number of piperidine rings is 1.